The van der Waals surface area contributed by atoms with E-state index in [1.54, 1.807) is 48.1 Å². The molecular formula is C34H36N6O7. The first-order valence-corrected chi connectivity index (χ1v) is 15.2. The van der Waals surface area contributed by atoms with E-state index in [4.69, 9.17) is 0 Å². The molecule has 1 aliphatic heterocycles. The maximum Gasteiger partial charge on any atom is 0.269 e. The van der Waals surface area contributed by atoms with Gasteiger partial charge in [-0.05, 0) is 42.7 Å². The topological polar surface area (TPSA) is 184 Å². The van der Waals surface area contributed by atoms with Crippen molar-refractivity contribution in [1.29, 1.82) is 0 Å². The summed E-state index contributed by atoms with van der Waals surface area (Å²) >= 11 is 0. The molecule has 2 amide bonds. The van der Waals surface area contributed by atoms with Crippen molar-refractivity contribution >= 4 is 28.9 Å². The Labute approximate surface area is 270 Å². The molecule has 0 saturated carbocycles. The summed E-state index contributed by atoms with van der Waals surface area (Å²) in [6.07, 6.45) is 4.63. The lowest BCUT2D eigenvalue weighted by atomic mass is 9.82. The highest BCUT2D eigenvalue weighted by molar-refractivity contribution is 6.07. The lowest BCUT2D eigenvalue weighted by molar-refractivity contribution is -0.385. The first-order valence-electron chi connectivity index (χ1n) is 15.2. The summed E-state index contributed by atoms with van der Waals surface area (Å²) in [5, 5.41) is 53.9. The summed E-state index contributed by atoms with van der Waals surface area (Å²) < 4.78 is 1.66. The zero-order chi connectivity index (χ0) is 33.7. The number of aryl methyl sites for hydroxylation is 1. The molecule has 0 bridgehead atoms. The first-order chi connectivity index (χ1) is 22.5. The van der Waals surface area contributed by atoms with Crippen LogP contribution in [-0.4, -0.2) is 59.8 Å². The number of nitrogens with zero attached hydrogens (tertiary/aromatic N) is 5. The highest BCUT2D eigenvalue weighted by Gasteiger charge is 2.53. The van der Waals surface area contributed by atoms with Gasteiger partial charge in [-0.15, -0.1) is 5.10 Å². The van der Waals surface area contributed by atoms with E-state index < -0.39 is 34.4 Å². The molecule has 0 spiro atoms. The molecule has 0 aliphatic carbocycles. The number of nitrogens with one attached hydrogen (secondary N) is 1. The molecule has 0 saturated heterocycles. The number of nitro groups is 1. The monoisotopic (exact) mass is 640 g/mol. The molecule has 1 aliphatic rings. The molecule has 4 N–H and O–H groups in total. The summed E-state index contributed by atoms with van der Waals surface area (Å²) in [4.78, 5) is 38.2. The molecule has 244 valence electrons. The minimum absolute atomic E-state index is 0.0689. The number of anilines is 2. The SMILES string of the molecule is C[C@H](O)C(=O)Nc1ccc(CN2C(=O)[C@](O)([C@H](C)/C=C/CCn3cc(C(CO)c4ccccc4)nn3)c3cc([N+](=O)[O-])ccc32)cc1. The summed E-state index contributed by atoms with van der Waals surface area (Å²) in [5.74, 6) is -2.22. The van der Waals surface area contributed by atoms with E-state index in [1.807, 2.05) is 36.4 Å². The molecule has 5 rings (SSSR count). The number of hydrogen-bond donors (Lipinski definition) is 4. The van der Waals surface area contributed by atoms with Gasteiger partial charge < -0.3 is 25.5 Å². The van der Waals surface area contributed by atoms with Gasteiger partial charge in [0.15, 0.2) is 5.60 Å². The van der Waals surface area contributed by atoms with Crippen molar-refractivity contribution in [3.8, 4) is 0 Å². The molecular weight excluding hydrogens is 604 g/mol. The van der Waals surface area contributed by atoms with Crippen LogP contribution in [-0.2, 0) is 28.3 Å². The number of aliphatic hydroxyl groups excluding tert-OH is 2. The van der Waals surface area contributed by atoms with Crippen LogP contribution in [0.25, 0.3) is 0 Å². The van der Waals surface area contributed by atoms with Gasteiger partial charge in [0.05, 0.1) is 35.4 Å². The van der Waals surface area contributed by atoms with E-state index >= 15 is 0 Å². The zero-order valence-electron chi connectivity index (χ0n) is 25.9. The number of rotatable bonds is 13. The van der Waals surface area contributed by atoms with Crippen molar-refractivity contribution in [3.05, 3.63) is 124 Å². The van der Waals surface area contributed by atoms with Gasteiger partial charge in [0.25, 0.3) is 17.5 Å². The quantitative estimate of drug-likeness (QED) is 0.0962. The average Bonchev–Trinajstić information content (AvgIpc) is 3.61. The van der Waals surface area contributed by atoms with Crippen molar-refractivity contribution in [2.75, 3.05) is 16.8 Å². The van der Waals surface area contributed by atoms with Crippen molar-refractivity contribution in [3.63, 3.8) is 0 Å². The number of amides is 2. The third-order valence-corrected chi connectivity index (χ3v) is 8.31. The highest BCUT2D eigenvalue weighted by Crippen LogP contribution is 2.47. The Kier molecular flexibility index (Phi) is 9.89. The van der Waals surface area contributed by atoms with Crippen LogP contribution in [0.15, 0.2) is 91.1 Å². The minimum atomic E-state index is -2.06. The van der Waals surface area contributed by atoms with E-state index in [2.05, 4.69) is 15.6 Å². The molecule has 4 aromatic rings. The molecule has 3 aromatic carbocycles. The maximum absolute atomic E-state index is 13.9. The van der Waals surface area contributed by atoms with Crippen LogP contribution in [0.2, 0.25) is 0 Å². The van der Waals surface area contributed by atoms with Gasteiger partial charge in [-0.25, -0.2) is 0 Å². The first kappa shape index (κ1) is 33.1. The van der Waals surface area contributed by atoms with Crippen molar-refractivity contribution in [2.45, 2.75) is 51.0 Å². The lowest BCUT2D eigenvalue weighted by Gasteiger charge is -2.27. The standard InChI is InChI=1S/C34H36N6O7/c1-22(8-6-7-17-38-20-30(36-37-38)28(21-41)25-9-4-3-5-10-25)34(45)29-18-27(40(46)47)15-16-31(29)39(33(34)44)19-24-11-13-26(14-12-24)35-32(43)23(2)42/h3-6,8-16,18,20,22-23,28,41-42,45H,7,17,19,21H2,1-2H3,(H,35,43)/b8-6+/t22-,23+,28?,34+/m1/s1. The lowest BCUT2D eigenvalue weighted by Crippen LogP contribution is -2.44. The fourth-order valence-electron chi connectivity index (χ4n) is 5.61. The van der Waals surface area contributed by atoms with Gasteiger partial charge in [-0.3, -0.25) is 24.4 Å². The van der Waals surface area contributed by atoms with Crippen molar-refractivity contribution in [1.82, 2.24) is 15.0 Å². The molecule has 13 nitrogen and oxygen atoms in total. The van der Waals surface area contributed by atoms with Crippen LogP contribution in [0, 0.1) is 16.0 Å². The fraction of sp³-hybridized carbons (Fsp3) is 0.294. The molecule has 13 heteroatoms. The Morgan fingerprint density at radius 2 is 1.83 bits per heavy atom. The van der Waals surface area contributed by atoms with E-state index in [9.17, 15) is 35.0 Å². The number of benzene rings is 3. The van der Waals surface area contributed by atoms with Gasteiger partial charge in [-0.2, -0.15) is 0 Å². The number of aromatic nitrogens is 3. The van der Waals surface area contributed by atoms with Crippen LogP contribution < -0.4 is 10.2 Å². The van der Waals surface area contributed by atoms with Gasteiger partial charge >= 0.3 is 0 Å². The zero-order valence-corrected chi connectivity index (χ0v) is 25.9. The predicted molar refractivity (Wildman–Crippen MR) is 173 cm³/mol. The summed E-state index contributed by atoms with van der Waals surface area (Å²) in [7, 11) is 0. The Morgan fingerprint density at radius 3 is 2.49 bits per heavy atom. The van der Waals surface area contributed by atoms with Crippen LogP contribution in [0.4, 0.5) is 17.1 Å². The number of allylic oxidation sites excluding steroid dienone is 1. The Balaban J connectivity index is 1.31. The third-order valence-electron chi connectivity index (χ3n) is 8.31. The smallest absolute Gasteiger partial charge is 0.269 e. The van der Waals surface area contributed by atoms with Crippen LogP contribution in [0.1, 0.15) is 48.6 Å². The van der Waals surface area contributed by atoms with E-state index in [0.29, 0.717) is 35.6 Å². The van der Waals surface area contributed by atoms with Gasteiger partial charge in [-0.1, -0.05) is 66.8 Å². The second kappa shape index (κ2) is 14.0. The Morgan fingerprint density at radius 1 is 1.11 bits per heavy atom. The Bertz CT molecular complexity index is 1770. The van der Waals surface area contributed by atoms with Crippen LogP contribution in [0.3, 0.4) is 0 Å². The number of non-ortho nitro benzene ring substituents is 1. The predicted octanol–water partition coefficient (Wildman–Crippen LogP) is 3.65. The van der Waals surface area contributed by atoms with E-state index in [-0.39, 0.29) is 30.3 Å². The second-order valence-electron chi connectivity index (χ2n) is 11.5. The minimum Gasteiger partial charge on any atom is -0.395 e. The van der Waals surface area contributed by atoms with Gasteiger partial charge in [0.1, 0.15) is 6.10 Å². The molecule has 4 atom stereocenters. The van der Waals surface area contributed by atoms with Gasteiger partial charge in [0, 0.05) is 42.0 Å². The number of carbonyl (C=O) groups is 2. The number of carbonyl (C=O) groups excluding carboxylic acids is 2. The highest BCUT2D eigenvalue weighted by atomic mass is 16.6. The fourth-order valence-corrected chi connectivity index (χ4v) is 5.61. The summed E-state index contributed by atoms with van der Waals surface area (Å²) in [6.45, 7) is 3.45. The van der Waals surface area contributed by atoms with Crippen LogP contribution in [0.5, 0.6) is 0 Å². The molecule has 47 heavy (non-hydrogen) atoms. The summed E-state index contributed by atoms with van der Waals surface area (Å²) in [6, 6.07) is 20.2. The average molecular weight is 641 g/mol. The number of nitro benzene ring substituents is 1. The number of fused-ring (bicyclic) bond motifs is 1. The Hall–Kier alpha value is -5.24. The summed E-state index contributed by atoms with van der Waals surface area (Å²) in [5.41, 5.74) is 0.918. The van der Waals surface area contributed by atoms with Crippen LogP contribution >= 0.6 is 0 Å². The maximum atomic E-state index is 13.9. The van der Waals surface area contributed by atoms with Gasteiger partial charge in [0.2, 0.25) is 0 Å². The number of aliphatic hydroxyl groups is 3. The molecule has 0 fully saturated rings. The van der Waals surface area contributed by atoms with Crippen molar-refractivity contribution < 1.29 is 29.8 Å². The third kappa shape index (κ3) is 6.97. The second-order valence-corrected chi connectivity index (χ2v) is 11.5. The van der Waals surface area contributed by atoms with E-state index in [1.165, 1.54) is 30.0 Å². The van der Waals surface area contributed by atoms with E-state index in [0.717, 1.165) is 5.56 Å². The largest absolute Gasteiger partial charge is 0.395 e. The molecule has 0 radical (unpaired) electrons. The van der Waals surface area contributed by atoms with Crippen molar-refractivity contribution in [2.24, 2.45) is 5.92 Å². The number of hydrogen-bond acceptors (Lipinski definition) is 9. The molecule has 1 unspecified atom stereocenters. The normalized spacial score (nSPS) is 17.8. The molecule has 2 heterocycles. The molecule has 1 aromatic heterocycles.